The van der Waals surface area contributed by atoms with Crippen LogP contribution in [-0.4, -0.2) is 37.2 Å². The summed E-state index contributed by atoms with van der Waals surface area (Å²) in [5, 5.41) is 0. The molecule has 0 aliphatic carbocycles. The van der Waals surface area contributed by atoms with Crippen LogP contribution in [0.25, 0.3) is 0 Å². The Labute approximate surface area is 469 Å². The van der Waals surface area contributed by atoms with Gasteiger partial charge in [0.05, 0.1) is 0 Å². The zero-order chi connectivity index (χ0) is 55.0. The first kappa shape index (κ1) is 71.8. The molecule has 0 aliphatic heterocycles. The first-order valence-corrected chi connectivity index (χ1v) is 31.5. The minimum Gasteiger partial charge on any atom is -0.462 e. The predicted octanol–water partition coefficient (Wildman–Crippen LogP) is 21.6. The van der Waals surface area contributed by atoms with Crippen LogP contribution in [0, 0.1) is 0 Å². The van der Waals surface area contributed by atoms with Gasteiger partial charge in [-0.05, 0) is 128 Å². The first-order chi connectivity index (χ1) is 37.5. The third-order valence-electron chi connectivity index (χ3n) is 13.2. The molecule has 76 heavy (non-hydrogen) atoms. The lowest BCUT2D eigenvalue weighted by Gasteiger charge is -2.18. The fourth-order valence-electron chi connectivity index (χ4n) is 8.46. The van der Waals surface area contributed by atoms with Gasteiger partial charge in [-0.15, -0.1) is 0 Å². The Morgan fingerprint density at radius 2 is 0.539 bits per heavy atom. The van der Waals surface area contributed by atoms with Gasteiger partial charge in [-0.3, -0.25) is 14.4 Å². The van der Waals surface area contributed by atoms with E-state index in [-0.39, 0.29) is 31.1 Å². The first-order valence-electron chi connectivity index (χ1n) is 31.5. The highest BCUT2D eigenvalue weighted by Crippen LogP contribution is 2.15. The molecule has 0 heterocycles. The van der Waals surface area contributed by atoms with Crippen molar-refractivity contribution in [2.45, 2.75) is 290 Å². The Morgan fingerprint density at radius 3 is 0.868 bits per heavy atom. The fourth-order valence-corrected chi connectivity index (χ4v) is 8.46. The van der Waals surface area contributed by atoms with E-state index in [4.69, 9.17) is 14.2 Å². The minimum absolute atomic E-state index is 0.0901. The summed E-state index contributed by atoms with van der Waals surface area (Å²) in [7, 11) is 0. The Hall–Kier alpha value is -4.19. The molecule has 0 N–H and O–H groups in total. The van der Waals surface area contributed by atoms with Gasteiger partial charge in [-0.1, -0.05) is 258 Å². The second-order valence-electron chi connectivity index (χ2n) is 20.6. The Morgan fingerprint density at radius 1 is 0.276 bits per heavy atom. The van der Waals surface area contributed by atoms with Crippen molar-refractivity contribution in [1.29, 1.82) is 0 Å². The Balaban J connectivity index is 4.27. The fraction of sp³-hybridized carbons (Fsp3) is 0.671. The van der Waals surface area contributed by atoms with Gasteiger partial charge in [0.15, 0.2) is 6.10 Å². The van der Waals surface area contributed by atoms with Crippen LogP contribution in [0.2, 0.25) is 0 Å². The van der Waals surface area contributed by atoms with E-state index < -0.39 is 6.10 Å². The average molecular weight is 1050 g/mol. The highest BCUT2D eigenvalue weighted by atomic mass is 16.6. The normalized spacial score (nSPS) is 12.9. The molecule has 0 aliphatic rings. The molecule has 0 radical (unpaired) electrons. The predicted molar refractivity (Wildman–Crippen MR) is 330 cm³/mol. The molecule has 0 aromatic rings. The van der Waals surface area contributed by atoms with Crippen molar-refractivity contribution in [1.82, 2.24) is 0 Å². The van der Waals surface area contributed by atoms with Crippen molar-refractivity contribution in [2.75, 3.05) is 13.2 Å². The quantitative estimate of drug-likeness (QED) is 0.0261. The molecule has 1 unspecified atom stereocenters. The lowest BCUT2D eigenvalue weighted by molar-refractivity contribution is -0.167. The monoisotopic (exact) mass is 1050 g/mol. The van der Waals surface area contributed by atoms with Gasteiger partial charge < -0.3 is 14.2 Å². The molecule has 432 valence electrons. The molecule has 0 saturated heterocycles. The number of carbonyl (C=O) groups excluding carboxylic acids is 3. The van der Waals surface area contributed by atoms with E-state index in [0.29, 0.717) is 19.3 Å². The maximum absolute atomic E-state index is 12.9. The van der Waals surface area contributed by atoms with Crippen LogP contribution in [0.3, 0.4) is 0 Å². The van der Waals surface area contributed by atoms with Gasteiger partial charge >= 0.3 is 17.9 Å². The molecule has 1 atom stereocenters. The van der Waals surface area contributed by atoms with Crippen molar-refractivity contribution >= 4 is 17.9 Å². The molecule has 0 bridgehead atoms. The molecule has 0 rings (SSSR count). The van der Waals surface area contributed by atoms with Crippen LogP contribution < -0.4 is 0 Å². The molecular weight excluding hydrogens is 937 g/mol. The second kappa shape index (κ2) is 63.3. The summed E-state index contributed by atoms with van der Waals surface area (Å²) < 4.78 is 16.9. The number of unbranched alkanes of at least 4 members (excludes halogenated alkanes) is 25. The lowest BCUT2D eigenvalue weighted by atomic mass is 10.1. The zero-order valence-corrected chi connectivity index (χ0v) is 49.5. The number of allylic oxidation sites excluding steroid dienone is 20. The molecule has 6 nitrogen and oxygen atoms in total. The smallest absolute Gasteiger partial charge is 0.306 e. The second-order valence-corrected chi connectivity index (χ2v) is 20.6. The van der Waals surface area contributed by atoms with E-state index in [0.717, 1.165) is 141 Å². The molecule has 0 aromatic carbocycles. The van der Waals surface area contributed by atoms with Gasteiger partial charge in [-0.2, -0.15) is 0 Å². The van der Waals surface area contributed by atoms with E-state index in [9.17, 15) is 14.4 Å². The molecule has 6 heteroatoms. The summed E-state index contributed by atoms with van der Waals surface area (Å²) in [4.78, 5) is 38.2. The number of ether oxygens (including phenoxy) is 3. The van der Waals surface area contributed by atoms with E-state index in [2.05, 4.69) is 142 Å². The number of hydrogen-bond acceptors (Lipinski definition) is 6. The largest absolute Gasteiger partial charge is 0.462 e. The number of hydrogen-bond donors (Lipinski definition) is 0. The third-order valence-corrected chi connectivity index (χ3v) is 13.2. The zero-order valence-electron chi connectivity index (χ0n) is 49.5. The van der Waals surface area contributed by atoms with Gasteiger partial charge in [0.1, 0.15) is 13.2 Å². The van der Waals surface area contributed by atoms with E-state index >= 15 is 0 Å². The topological polar surface area (TPSA) is 78.9 Å². The average Bonchev–Trinajstić information content (AvgIpc) is 3.42. The highest BCUT2D eigenvalue weighted by molar-refractivity contribution is 5.71. The Bertz CT molecular complexity index is 1590. The number of esters is 3. The van der Waals surface area contributed by atoms with Crippen LogP contribution in [0.15, 0.2) is 122 Å². The van der Waals surface area contributed by atoms with E-state index in [1.807, 2.05) is 0 Å². The standard InChI is InChI=1S/C70H116O6/c1-4-7-10-13-16-19-22-24-26-28-30-31-32-33-34-35-36-37-38-39-41-42-44-46-48-51-54-57-60-63-69(72)75-66-67(65-74-68(71)62-59-56-53-50-21-18-15-12-9-6-3)76-70(73)64-61-58-55-52-49-47-45-43-40-29-27-25-23-20-17-14-11-8-5-2/h7,10,12,15-17,19-20,24-27,30-31,33-34,36-37,40,43,67H,4-6,8-9,11,13-14,18,21-23,28-29,32,35,38-39,41-42,44-66H2,1-3H3/b10-7-,15-12-,19-16-,20-17-,26-24-,27-25-,31-30-,34-33-,37-36-,43-40-. The SMILES string of the molecule is CC/C=C\C/C=C\C/C=C\C/C=C\C/C=C\C/C=C\CCCCCCCCCCCCC(=O)OCC(COC(=O)CCCCCCC/C=C\CCC)OC(=O)CCCCCCCC/C=C\C/C=C\C/C=C\CCCCC. The van der Waals surface area contributed by atoms with Crippen LogP contribution in [-0.2, 0) is 28.6 Å². The van der Waals surface area contributed by atoms with Crippen molar-refractivity contribution < 1.29 is 28.6 Å². The molecule has 0 fully saturated rings. The number of carbonyl (C=O) groups is 3. The number of rotatable bonds is 56. The summed E-state index contributed by atoms with van der Waals surface area (Å²) in [6.07, 6.45) is 87.8. The van der Waals surface area contributed by atoms with Crippen LogP contribution >= 0.6 is 0 Å². The summed E-state index contributed by atoms with van der Waals surface area (Å²) in [5.74, 6) is -0.915. The van der Waals surface area contributed by atoms with Crippen LogP contribution in [0.4, 0.5) is 0 Å². The van der Waals surface area contributed by atoms with Crippen molar-refractivity contribution in [2.24, 2.45) is 0 Å². The van der Waals surface area contributed by atoms with Crippen molar-refractivity contribution in [3.63, 3.8) is 0 Å². The minimum atomic E-state index is -0.793. The van der Waals surface area contributed by atoms with E-state index in [1.165, 1.54) is 103 Å². The highest BCUT2D eigenvalue weighted by Gasteiger charge is 2.19. The van der Waals surface area contributed by atoms with Crippen molar-refractivity contribution in [3.05, 3.63) is 122 Å². The summed E-state index contributed by atoms with van der Waals surface area (Å²) in [6, 6.07) is 0. The van der Waals surface area contributed by atoms with Crippen molar-refractivity contribution in [3.8, 4) is 0 Å². The van der Waals surface area contributed by atoms with Gasteiger partial charge in [0.2, 0.25) is 0 Å². The van der Waals surface area contributed by atoms with E-state index in [1.54, 1.807) is 0 Å². The van der Waals surface area contributed by atoms with Crippen LogP contribution in [0.5, 0.6) is 0 Å². The van der Waals surface area contributed by atoms with Gasteiger partial charge in [0, 0.05) is 19.3 Å². The molecule has 0 aromatic heterocycles. The maximum atomic E-state index is 12.9. The Kier molecular flexibility index (Phi) is 59.9. The van der Waals surface area contributed by atoms with Gasteiger partial charge in [-0.25, -0.2) is 0 Å². The molecule has 0 spiro atoms. The summed E-state index contributed by atoms with van der Waals surface area (Å²) in [6.45, 7) is 6.42. The van der Waals surface area contributed by atoms with Crippen LogP contribution in [0.1, 0.15) is 284 Å². The lowest BCUT2D eigenvalue weighted by Crippen LogP contribution is -2.30. The maximum Gasteiger partial charge on any atom is 0.306 e. The third kappa shape index (κ3) is 60.7. The van der Waals surface area contributed by atoms with Gasteiger partial charge in [0.25, 0.3) is 0 Å². The summed E-state index contributed by atoms with van der Waals surface area (Å²) in [5.41, 5.74) is 0. The molecule has 0 saturated carbocycles. The summed E-state index contributed by atoms with van der Waals surface area (Å²) >= 11 is 0. The molecular formula is C70H116O6. The molecule has 0 amide bonds.